The second-order valence-corrected chi connectivity index (χ2v) is 12.0. The van der Waals surface area contributed by atoms with Crippen molar-refractivity contribution in [2.45, 2.75) is 50.7 Å². The van der Waals surface area contributed by atoms with Crippen LogP contribution in [-0.4, -0.2) is 34.2 Å². The van der Waals surface area contributed by atoms with E-state index in [1.165, 1.54) is 42.5 Å². The van der Waals surface area contributed by atoms with Crippen molar-refractivity contribution in [3.05, 3.63) is 93.0 Å². The lowest BCUT2D eigenvalue weighted by Gasteiger charge is -2.40. The molecule has 0 radical (unpaired) electrons. The highest BCUT2D eigenvalue weighted by Gasteiger charge is 2.58. The first-order valence-corrected chi connectivity index (χ1v) is 13.2. The Bertz CT molecular complexity index is 1480. The number of anilines is 1. The van der Waals surface area contributed by atoms with Crippen molar-refractivity contribution in [2.75, 3.05) is 5.32 Å². The summed E-state index contributed by atoms with van der Waals surface area (Å²) in [5.74, 6) is -5.14. The summed E-state index contributed by atoms with van der Waals surface area (Å²) in [7, 11) is 0. The topological polar surface area (TPSA) is 125 Å². The SMILES string of the molecule is CC(C)(C)C[C@@H]1N[C@@H](C(=O)Nc2ccc(C(=O)O)cc2O)[C@H](c2cccc(Cl)c2F)[C@@]1(N)c1ccc(Cl)cc1F. The quantitative estimate of drug-likeness (QED) is 0.223. The molecule has 4 atom stereocenters. The van der Waals surface area contributed by atoms with E-state index in [4.69, 9.17) is 28.9 Å². The van der Waals surface area contributed by atoms with Gasteiger partial charge in [0, 0.05) is 22.5 Å². The molecule has 11 heteroatoms. The van der Waals surface area contributed by atoms with E-state index in [9.17, 15) is 19.8 Å². The summed E-state index contributed by atoms with van der Waals surface area (Å²) in [5, 5.41) is 25.3. The molecule has 212 valence electrons. The van der Waals surface area contributed by atoms with Crippen LogP contribution in [-0.2, 0) is 10.3 Å². The van der Waals surface area contributed by atoms with Crippen molar-refractivity contribution in [3.8, 4) is 5.75 Å². The van der Waals surface area contributed by atoms with Crippen LogP contribution in [0, 0.1) is 17.0 Å². The number of carbonyl (C=O) groups excluding carboxylic acids is 1. The highest BCUT2D eigenvalue weighted by Crippen LogP contribution is 2.50. The summed E-state index contributed by atoms with van der Waals surface area (Å²) in [6, 6.07) is 9.83. The van der Waals surface area contributed by atoms with Crippen molar-refractivity contribution in [3.63, 3.8) is 0 Å². The molecule has 0 saturated carbocycles. The van der Waals surface area contributed by atoms with Gasteiger partial charge in [-0.2, -0.15) is 0 Å². The third kappa shape index (κ3) is 5.65. The Morgan fingerprint density at radius 1 is 1.10 bits per heavy atom. The molecule has 3 aromatic rings. The first-order valence-electron chi connectivity index (χ1n) is 12.4. The lowest BCUT2D eigenvalue weighted by atomic mass is 9.68. The first kappa shape index (κ1) is 29.7. The smallest absolute Gasteiger partial charge is 0.335 e. The number of phenols is 1. The number of hydrogen-bond donors (Lipinski definition) is 5. The zero-order chi connectivity index (χ0) is 29.6. The van der Waals surface area contributed by atoms with E-state index in [1.807, 2.05) is 20.8 Å². The molecule has 0 bridgehead atoms. The van der Waals surface area contributed by atoms with Gasteiger partial charge in [-0.1, -0.05) is 62.2 Å². The van der Waals surface area contributed by atoms with Crippen LogP contribution >= 0.6 is 23.2 Å². The Labute approximate surface area is 240 Å². The minimum Gasteiger partial charge on any atom is -0.506 e. The largest absolute Gasteiger partial charge is 0.506 e. The van der Waals surface area contributed by atoms with E-state index in [1.54, 1.807) is 0 Å². The van der Waals surface area contributed by atoms with E-state index < -0.39 is 52.8 Å². The molecule has 1 amide bonds. The second kappa shape index (κ2) is 11.0. The number of amides is 1. The van der Waals surface area contributed by atoms with E-state index in [-0.39, 0.29) is 37.8 Å². The zero-order valence-electron chi connectivity index (χ0n) is 21.9. The summed E-state index contributed by atoms with van der Waals surface area (Å²) in [6.45, 7) is 5.87. The molecule has 0 spiro atoms. The molecule has 0 unspecified atom stereocenters. The standard InChI is InChI=1S/C29H29Cl2F2N3O4/c1-28(2,3)13-22-29(34,17-9-8-15(30)12-19(17)32)23(16-5-4-6-18(31)24(16)33)25(36-22)26(38)35-20-10-7-14(27(39)40)11-21(20)37/h4-12,22-23,25,36-37H,13,34H2,1-3H3,(H,35,38)(H,39,40)/t22-,23-,25+,29+/m0/s1. The van der Waals surface area contributed by atoms with Gasteiger partial charge in [0.25, 0.3) is 0 Å². The fourth-order valence-corrected chi connectivity index (χ4v) is 5.73. The Hall–Kier alpha value is -3.24. The van der Waals surface area contributed by atoms with Crippen molar-refractivity contribution >= 4 is 40.8 Å². The number of hydrogen-bond acceptors (Lipinski definition) is 5. The number of carboxylic acid groups (broad SMARTS) is 1. The van der Waals surface area contributed by atoms with Crippen LogP contribution in [0.1, 0.15) is 54.6 Å². The zero-order valence-corrected chi connectivity index (χ0v) is 23.4. The number of rotatable bonds is 6. The normalized spacial score (nSPS) is 22.8. The van der Waals surface area contributed by atoms with E-state index >= 15 is 8.78 Å². The van der Waals surface area contributed by atoms with Crippen LogP contribution in [0.2, 0.25) is 10.0 Å². The Morgan fingerprint density at radius 2 is 1.80 bits per heavy atom. The van der Waals surface area contributed by atoms with E-state index in [2.05, 4.69) is 10.6 Å². The summed E-state index contributed by atoms with van der Waals surface area (Å²) < 4.78 is 31.2. The van der Waals surface area contributed by atoms with Crippen LogP contribution < -0.4 is 16.4 Å². The minimum atomic E-state index is -1.66. The van der Waals surface area contributed by atoms with E-state index in [0.29, 0.717) is 6.42 Å². The molecule has 1 aliphatic rings. The third-order valence-corrected chi connectivity index (χ3v) is 7.65. The summed E-state index contributed by atoms with van der Waals surface area (Å²) in [4.78, 5) is 25.1. The number of phenolic OH excluding ortho intramolecular Hbond substituents is 1. The van der Waals surface area contributed by atoms with Crippen LogP contribution in [0.15, 0.2) is 54.6 Å². The monoisotopic (exact) mass is 591 g/mol. The maximum atomic E-state index is 15.6. The number of halogens is 4. The Morgan fingerprint density at radius 3 is 2.40 bits per heavy atom. The Balaban J connectivity index is 1.89. The molecule has 0 aliphatic carbocycles. The molecule has 40 heavy (non-hydrogen) atoms. The number of carbonyl (C=O) groups is 2. The molecule has 7 nitrogen and oxygen atoms in total. The number of aromatic carboxylic acids is 1. The number of benzene rings is 3. The van der Waals surface area contributed by atoms with Crippen molar-refractivity contribution in [2.24, 2.45) is 11.1 Å². The van der Waals surface area contributed by atoms with Gasteiger partial charge in [0.05, 0.1) is 27.9 Å². The van der Waals surface area contributed by atoms with Gasteiger partial charge in [-0.15, -0.1) is 0 Å². The average molecular weight is 592 g/mol. The fraction of sp³-hybridized carbons (Fsp3) is 0.310. The molecular weight excluding hydrogens is 563 g/mol. The van der Waals surface area contributed by atoms with Gasteiger partial charge < -0.3 is 26.6 Å². The molecule has 6 N–H and O–H groups in total. The molecule has 1 saturated heterocycles. The molecule has 1 fully saturated rings. The van der Waals surface area contributed by atoms with Crippen LogP contribution in [0.3, 0.4) is 0 Å². The molecule has 1 heterocycles. The summed E-state index contributed by atoms with van der Waals surface area (Å²) >= 11 is 12.2. The highest BCUT2D eigenvalue weighted by molar-refractivity contribution is 6.31. The number of nitrogens with one attached hydrogen (secondary N) is 2. The molecule has 4 rings (SSSR count). The van der Waals surface area contributed by atoms with Gasteiger partial charge in [0.15, 0.2) is 0 Å². The van der Waals surface area contributed by atoms with Gasteiger partial charge in [0.1, 0.15) is 17.4 Å². The molecule has 3 aromatic carbocycles. The number of carboxylic acids is 1. The third-order valence-electron chi connectivity index (χ3n) is 7.12. The summed E-state index contributed by atoms with van der Waals surface area (Å²) in [6.07, 6.45) is 0.368. The highest BCUT2D eigenvalue weighted by atomic mass is 35.5. The Kier molecular flexibility index (Phi) is 8.15. The van der Waals surface area contributed by atoms with Crippen molar-refractivity contribution in [1.82, 2.24) is 5.32 Å². The predicted molar refractivity (Wildman–Crippen MR) is 150 cm³/mol. The van der Waals surface area contributed by atoms with Crippen LogP contribution in [0.5, 0.6) is 5.75 Å². The van der Waals surface area contributed by atoms with Gasteiger partial charge in [0.2, 0.25) is 5.91 Å². The molecule has 0 aromatic heterocycles. The first-order chi connectivity index (χ1) is 18.6. The van der Waals surface area contributed by atoms with Crippen LogP contribution in [0.25, 0.3) is 0 Å². The van der Waals surface area contributed by atoms with Gasteiger partial charge in [-0.05, 0) is 53.8 Å². The second-order valence-electron chi connectivity index (χ2n) is 11.2. The predicted octanol–water partition coefficient (Wildman–Crippen LogP) is 6.03. The van der Waals surface area contributed by atoms with Crippen LogP contribution in [0.4, 0.5) is 14.5 Å². The molecular formula is C29H29Cl2F2N3O4. The maximum Gasteiger partial charge on any atom is 0.335 e. The lowest BCUT2D eigenvalue weighted by molar-refractivity contribution is -0.118. The minimum absolute atomic E-state index is 0.00106. The van der Waals surface area contributed by atoms with Gasteiger partial charge in [-0.3, -0.25) is 4.79 Å². The van der Waals surface area contributed by atoms with Gasteiger partial charge in [-0.25, -0.2) is 13.6 Å². The number of nitrogens with two attached hydrogens (primary N) is 1. The van der Waals surface area contributed by atoms with E-state index in [0.717, 1.165) is 12.1 Å². The lowest BCUT2D eigenvalue weighted by Crippen LogP contribution is -2.52. The average Bonchev–Trinajstić information content (AvgIpc) is 3.13. The van der Waals surface area contributed by atoms with Gasteiger partial charge >= 0.3 is 5.97 Å². The maximum absolute atomic E-state index is 15.6. The fourth-order valence-electron chi connectivity index (χ4n) is 5.38. The van der Waals surface area contributed by atoms with Crippen molar-refractivity contribution in [1.29, 1.82) is 0 Å². The number of aromatic hydroxyl groups is 1. The summed E-state index contributed by atoms with van der Waals surface area (Å²) in [5.41, 5.74) is 4.91. The van der Waals surface area contributed by atoms with Crippen molar-refractivity contribution < 1.29 is 28.6 Å². The molecule has 1 aliphatic heterocycles.